The van der Waals surface area contributed by atoms with E-state index in [-0.39, 0.29) is 5.54 Å². The fourth-order valence-corrected chi connectivity index (χ4v) is 1.53. The van der Waals surface area contributed by atoms with Crippen LogP contribution in [0.1, 0.15) is 32.8 Å². The molecule has 0 saturated heterocycles. The zero-order valence-corrected chi connectivity index (χ0v) is 11.2. The quantitative estimate of drug-likeness (QED) is 0.738. The van der Waals surface area contributed by atoms with Gasteiger partial charge in [0.2, 0.25) is 0 Å². The average molecular weight is 236 g/mol. The summed E-state index contributed by atoms with van der Waals surface area (Å²) in [4.78, 5) is 4.00. The van der Waals surface area contributed by atoms with E-state index in [1.165, 1.54) is 5.56 Å². The highest BCUT2D eigenvalue weighted by Gasteiger charge is 2.06. The van der Waals surface area contributed by atoms with Gasteiger partial charge in [-0.05, 0) is 51.3 Å². The Hall–Kier alpha value is -0.930. The van der Waals surface area contributed by atoms with E-state index in [2.05, 4.69) is 43.2 Å². The maximum absolute atomic E-state index is 5.57. The largest absolute Gasteiger partial charge is 0.380 e. The molecular weight excluding hydrogens is 212 g/mol. The molecule has 3 nitrogen and oxygen atoms in total. The lowest BCUT2D eigenvalue weighted by Gasteiger charge is -2.20. The van der Waals surface area contributed by atoms with Crippen molar-refractivity contribution in [2.24, 2.45) is 0 Å². The van der Waals surface area contributed by atoms with Crippen LogP contribution >= 0.6 is 0 Å². The fraction of sp³-hybridized carbons (Fsp3) is 0.643. The zero-order chi connectivity index (χ0) is 12.6. The van der Waals surface area contributed by atoms with Crippen molar-refractivity contribution in [2.45, 2.75) is 39.2 Å². The van der Waals surface area contributed by atoms with Gasteiger partial charge >= 0.3 is 0 Å². The summed E-state index contributed by atoms with van der Waals surface area (Å²) in [7, 11) is 0. The predicted molar refractivity (Wildman–Crippen MR) is 71.1 cm³/mol. The minimum atomic E-state index is 0.181. The normalized spacial score (nSPS) is 11.7. The van der Waals surface area contributed by atoms with Gasteiger partial charge in [-0.2, -0.15) is 0 Å². The zero-order valence-electron chi connectivity index (χ0n) is 11.2. The molecule has 1 aromatic heterocycles. The Morgan fingerprint density at radius 1 is 1.18 bits per heavy atom. The molecule has 1 rings (SSSR count). The lowest BCUT2D eigenvalue weighted by molar-refractivity contribution is 0.129. The molecule has 0 aliphatic carbocycles. The molecule has 17 heavy (non-hydrogen) atoms. The Balaban J connectivity index is 1.95. The summed E-state index contributed by atoms with van der Waals surface area (Å²) in [5.41, 5.74) is 1.51. The second kappa shape index (κ2) is 7.41. The number of aromatic nitrogens is 1. The maximum atomic E-state index is 5.57. The molecule has 0 bridgehead atoms. The molecule has 3 heteroatoms. The van der Waals surface area contributed by atoms with Gasteiger partial charge in [0.05, 0.1) is 6.61 Å². The highest BCUT2D eigenvalue weighted by atomic mass is 16.5. The standard InChI is InChI=1S/C14H24N2O/c1-14(2,3)16-10-12-17-11-4-5-13-6-8-15-9-7-13/h6-9,16H,4-5,10-12H2,1-3H3. The van der Waals surface area contributed by atoms with Gasteiger partial charge in [0.15, 0.2) is 0 Å². The molecule has 0 aromatic carbocycles. The van der Waals surface area contributed by atoms with Crippen molar-refractivity contribution in [3.05, 3.63) is 30.1 Å². The number of nitrogens with zero attached hydrogens (tertiary/aromatic N) is 1. The Kier molecular flexibility index (Phi) is 6.16. The van der Waals surface area contributed by atoms with E-state index in [0.717, 1.165) is 32.6 Å². The lowest BCUT2D eigenvalue weighted by Crippen LogP contribution is -2.38. The molecule has 0 radical (unpaired) electrons. The first-order valence-electron chi connectivity index (χ1n) is 6.29. The molecule has 0 saturated carbocycles. The van der Waals surface area contributed by atoms with Crippen molar-refractivity contribution < 1.29 is 4.74 Å². The first-order chi connectivity index (χ1) is 8.08. The average Bonchev–Trinajstić information content (AvgIpc) is 2.28. The van der Waals surface area contributed by atoms with E-state index in [1.807, 2.05) is 12.4 Å². The minimum Gasteiger partial charge on any atom is -0.380 e. The van der Waals surface area contributed by atoms with Crippen LogP contribution < -0.4 is 5.32 Å². The van der Waals surface area contributed by atoms with Gasteiger partial charge in [-0.1, -0.05) is 0 Å². The summed E-state index contributed by atoms with van der Waals surface area (Å²) < 4.78 is 5.57. The van der Waals surface area contributed by atoms with Crippen molar-refractivity contribution in [1.82, 2.24) is 10.3 Å². The Labute approximate surface area is 105 Å². The molecular formula is C14H24N2O. The molecule has 1 aromatic rings. The third-order valence-corrected chi connectivity index (χ3v) is 2.41. The highest BCUT2D eigenvalue weighted by molar-refractivity contribution is 5.09. The monoisotopic (exact) mass is 236 g/mol. The smallest absolute Gasteiger partial charge is 0.0591 e. The number of ether oxygens (including phenoxy) is 1. The summed E-state index contributed by atoms with van der Waals surface area (Å²) in [5, 5.41) is 3.40. The summed E-state index contributed by atoms with van der Waals surface area (Å²) in [6.45, 7) is 9.02. The summed E-state index contributed by atoms with van der Waals surface area (Å²) >= 11 is 0. The van der Waals surface area contributed by atoms with Gasteiger partial charge in [0, 0.05) is 31.1 Å². The molecule has 0 spiro atoms. The van der Waals surface area contributed by atoms with Crippen molar-refractivity contribution in [3.8, 4) is 0 Å². The van der Waals surface area contributed by atoms with Crippen molar-refractivity contribution in [2.75, 3.05) is 19.8 Å². The predicted octanol–water partition coefficient (Wildman–Crippen LogP) is 2.42. The molecule has 1 heterocycles. The molecule has 0 fully saturated rings. The van der Waals surface area contributed by atoms with Crippen LogP contribution in [0.15, 0.2) is 24.5 Å². The van der Waals surface area contributed by atoms with E-state index in [9.17, 15) is 0 Å². The van der Waals surface area contributed by atoms with Gasteiger partial charge in [0.1, 0.15) is 0 Å². The third-order valence-electron chi connectivity index (χ3n) is 2.41. The molecule has 0 atom stereocenters. The number of nitrogens with one attached hydrogen (secondary N) is 1. The topological polar surface area (TPSA) is 34.1 Å². The van der Waals surface area contributed by atoms with Crippen LogP contribution in [0.25, 0.3) is 0 Å². The highest BCUT2D eigenvalue weighted by Crippen LogP contribution is 2.01. The SMILES string of the molecule is CC(C)(C)NCCOCCCc1ccncc1. The number of hydrogen-bond acceptors (Lipinski definition) is 3. The Morgan fingerprint density at radius 3 is 2.53 bits per heavy atom. The van der Waals surface area contributed by atoms with Crippen LogP contribution in [0.4, 0.5) is 0 Å². The number of hydrogen-bond donors (Lipinski definition) is 1. The number of aryl methyl sites for hydroxylation is 1. The summed E-state index contributed by atoms with van der Waals surface area (Å²) in [6.07, 6.45) is 5.81. The van der Waals surface area contributed by atoms with Gasteiger partial charge in [0.25, 0.3) is 0 Å². The van der Waals surface area contributed by atoms with E-state index in [4.69, 9.17) is 4.74 Å². The molecule has 0 amide bonds. The van der Waals surface area contributed by atoms with E-state index in [0.29, 0.717) is 0 Å². The molecule has 0 aliphatic rings. The molecule has 96 valence electrons. The van der Waals surface area contributed by atoms with Crippen LogP contribution in [0.2, 0.25) is 0 Å². The Morgan fingerprint density at radius 2 is 1.88 bits per heavy atom. The summed E-state index contributed by atoms with van der Waals surface area (Å²) in [5.74, 6) is 0. The maximum Gasteiger partial charge on any atom is 0.0591 e. The second-order valence-corrected chi connectivity index (χ2v) is 5.25. The number of pyridine rings is 1. The first kappa shape index (κ1) is 14.1. The molecule has 1 N–H and O–H groups in total. The molecule has 0 unspecified atom stereocenters. The second-order valence-electron chi connectivity index (χ2n) is 5.25. The van der Waals surface area contributed by atoms with Gasteiger partial charge in [-0.3, -0.25) is 4.98 Å². The van der Waals surface area contributed by atoms with Crippen LogP contribution in [0, 0.1) is 0 Å². The first-order valence-corrected chi connectivity index (χ1v) is 6.29. The third kappa shape index (κ3) is 7.88. The van der Waals surface area contributed by atoms with E-state index in [1.54, 1.807) is 0 Å². The van der Waals surface area contributed by atoms with Crippen LogP contribution in [0.5, 0.6) is 0 Å². The van der Waals surface area contributed by atoms with Gasteiger partial charge < -0.3 is 10.1 Å². The van der Waals surface area contributed by atoms with Gasteiger partial charge in [-0.15, -0.1) is 0 Å². The van der Waals surface area contributed by atoms with Crippen molar-refractivity contribution >= 4 is 0 Å². The van der Waals surface area contributed by atoms with Gasteiger partial charge in [-0.25, -0.2) is 0 Å². The molecule has 0 aliphatic heterocycles. The number of rotatable bonds is 7. The van der Waals surface area contributed by atoms with Crippen LogP contribution in [-0.4, -0.2) is 30.3 Å². The van der Waals surface area contributed by atoms with E-state index < -0.39 is 0 Å². The lowest BCUT2D eigenvalue weighted by atomic mass is 10.1. The van der Waals surface area contributed by atoms with Crippen molar-refractivity contribution in [3.63, 3.8) is 0 Å². The van der Waals surface area contributed by atoms with Crippen molar-refractivity contribution in [1.29, 1.82) is 0 Å². The van der Waals surface area contributed by atoms with Crippen LogP contribution in [0.3, 0.4) is 0 Å². The minimum absolute atomic E-state index is 0.181. The van der Waals surface area contributed by atoms with E-state index >= 15 is 0 Å². The van der Waals surface area contributed by atoms with Crippen LogP contribution in [-0.2, 0) is 11.2 Å². The summed E-state index contributed by atoms with van der Waals surface area (Å²) in [6, 6.07) is 4.11. The fourth-order valence-electron chi connectivity index (χ4n) is 1.53. The Bertz CT molecular complexity index is 293.